The molecule has 1 rings (SSSR count). The molecular formula is C15H25ClN2O3S. The van der Waals surface area contributed by atoms with E-state index < -0.39 is 10.0 Å². The molecule has 22 heavy (non-hydrogen) atoms. The molecule has 0 aromatic heterocycles. The number of unbranched alkanes of at least 4 members (excludes halogenated alkanes) is 1. The SMILES string of the molecule is CCCCC(CN)NS(=O)(=O)c1cccc(C(=O)CC)c1.Cl. The number of nitrogens with one attached hydrogen (secondary N) is 1. The summed E-state index contributed by atoms with van der Waals surface area (Å²) in [6.45, 7) is 4.05. The van der Waals surface area contributed by atoms with E-state index in [9.17, 15) is 13.2 Å². The number of carbonyl (C=O) groups is 1. The van der Waals surface area contributed by atoms with Gasteiger partial charge in [0.25, 0.3) is 0 Å². The van der Waals surface area contributed by atoms with Crippen LogP contribution in [0.4, 0.5) is 0 Å². The minimum Gasteiger partial charge on any atom is -0.329 e. The molecular weight excluding hydrogens is 324 g/mol. The van der Waals surface area contributed by atoms with E-state index in [2.05, 4.69) is 4.72 Å². The molecule has 1 atom stereocenters. The molecule has 0 aliphatic heterocycles. The summed E-state index contributed by atoms with van der Waals surface area (Å²) in [5.74, 6) is -0.0755. The van der Waals surface area contributed by atoms with Gasteiger partial charge in [0.05, 0.1) is 4.90 Å². The van der Waals surface area contributed by atoms with E-state index in [0.29, 0.717) is 18.4 Å². The van der Waals surface area contributed by atoms with Gasteiger partial charge in [0.1, 0.15) is 0 Å². The number of hydrogen-bond acceptors (Lipinski definition) is 4. The fraction of sp³-hybridized carbons (Fsp3) is 0.533. The van der Waals surface area contributed by atoms with Gasteiger partial charge in [0, 0.05) is 24.6 Å². The van der Waals surface area contributed by atoms with Crippen LogP contribution in [0.2, 0.25) is 0 Å². The molecule has 5 nitrogen and oxygen atoms in total. The molecule has 0 aliphatic carbocycles. The maximum atomic E-state index is 12.3. The first-order valence-corrected chi connectivity index (χ1v) is 8.78. The highest BCUT2D eigenvalue weighted by atomic mass is 35.5. The second-order valence-corrected chi connectivity index (χ2v) is 6.71. The topological polar surface area (TPSA) is 89.3 Å². The third-order valence-electron chi connectivity index (χ3n) is 3.30. The second kappa shape index (κ2) is 9.94. The molecule has 0 fully saturated rings. The van der Waals surface area contributed by atoms with Gasteiger partial charge in [-0.1, -0.05) is 38.8 Å². The molecule has 3 N–H and O–H groups in total. The van der Waals surface area contributed by atoms with Crippen LogP contribution in [0.3, 0.4) is 0 Å². The van der Waals surface area contributed by atoms with E-state index in [1.807, 2.05) is 6.92 Å². The Kier molecular flexibility index (Phi) is 9.51. The minimum atomic E-state index is -3.65. The molecule has 0 heterocycles. The fourth-order valence-electron chi connectivity index (χ4n) is 2.00. The zero-order valence-corrected chi connectivity index (χ0v) is 14.7. The van der Waals surface area contributed by atoms with E-state index in [-0.39, 0.29) is 35.7 Å². The summed E-state index contributed by atoms with van der Waals surface area (Å²) in [6.07, 6.45) is 2.95. The summed E-state index contributed by atoms with van der Waals surface area (Å²) in [5, 5.41) is 0. The molecule has 0 spiro atoms. The van der Waals surface area contributed by atoms with Gasteiger partial charge in [-0.2, -0.15) is 0 Å². The molecule has 0 amide bonds. The zero-order chi connectivity index (χ0) is 15.9. The Balaban J connectivity index is 0.00000441. The van der Waals surface area contributed by atoms with Crippen LogP contribution in [0.25, 0.3) is 0 Å². The number of nitrogens with two attached hydrogens (primary N) is 1. The van der Waals surface area contributed by atoms with Crippen molar-refractivity contribution >= 4 is 28.2 Å². The van der Waals surface area contributed by atoms with Crippen LogP contribution in [0.15, 0.2) is 29.2 Å². The molecule has 1 aromatic rings. The van der Waals surface area contributed by atoms with Crippen LogP contribution >= 0.6 is 12.4 Å². The van der Waals surface area contributed by atoms with Gasteiger partial charge in [0.2, 0.25) is 10.0 Å². The molecule has 1 aromatic carbocycles. The summed E-state index contributed by atoms with van der Waals surface area (Å²) in [7, 11) is -3.65. The predicted octanol–water partition coefficient (Wildman–Crippen LogP) is 2.50. The standard InChI is InChI=1S/C15H24N2O3S.ClH/c1-3-5-8-13(11-16)17-21(19,20)14-9-6-7-12(10-14)15(18)4-2;/h6-7,9-10,13,17H,3-5,8,11,16H2,1-2H3;1H. The van der Waals surface area contributed by atoms with Crippen molar-refractivity contribution in [3.05, 3.63) is 29.8 Å². The van der Waals surface area contributed by atoms with Crippen LogP contribution < -0.4 is 10.5 Å². The Labute approximate surface area is 139 Å². The van der Waals surface area contributed by atoms with Crippen molar-refractivity contribution in [1.82, 2.24) is 4.72 Å². The number of carbonyl (C=O) groups excluding carboxylic acids is 1. The van der Waals surface area contributed by atoms with Gasteiger partial charge in [-0.25, -0.2) is 13.1 Å². The lowest BCUT2D eigenvalue weighted by Gasteiger charge is -2.16. The molecule has 0 aliphatic rings. The van der Waals surface area contributed by atoms with Crippen LogP contribution in [-0.4, -0.2) is 26.8 Å². The Morgan fingerprint density at radius 2 is 2.00 bits per heavy atom. The van der Waals surface area contributed by atoms with Crippen molar-refractivity contribution in [2.45, 2.75) is 50.5 Å². The maximum Gasteiger partial charge on any atom is 0.240 e. The molecule has 0 saturated heterocycles. The van der Waals surface area contributed by atoms with Crippen molar-refractivity contribution in [3.63, 3.8) is 0 Å². The largest absolute Gasteiger partial charge is 0.329 e. The van der Waals surface area contributed by atoms with Crippen LogP contribution in [0.5, 0.6) is 0 Å². The lowest BCUT2D eigenvalue weighted by atomic mass is 10.1. The van der Waals surface area contributed by atoms with E-state index in [1.165, 1.54) is 12.1 Å². The molecule has 0 radical (unpaired) electrons. The number of benzene rings is 1. The molecule has 0 saturated carbocycles. The smallest absolute Gasteiger partial charge is 0.240 e. The van der Waals surface area contributed by atoms with E-state index in [1.54, 1.807) is 19.1 Å². The summed E-state index contributed by atoms with van der Waals surface area (Å²) >= 11 is 0. The van der Waals surface area contributed by atoms with Crippen molar-refractivity contribution in [2.75, 3.05) is 6.54 Å². The highest BCUT2D eigenvalue weighted by Crippen LogP contribution is 2.14. The van der Waals surface area contributed by atoms with Crippen molar-refractivity contribution < 1.29 is 13.2 Å². The average molecular weight is 349 g/mol. The number of rotatable bonds is 9. The van der Waals surface area contributed by atoms with Gasteiger partial charge in [-0.15, -0.1) is 12.4 Å². The van der Waals surface area contributed by atoms with Gasteiger partial charge >= 0.3 is 0 Å². The normalized spacial score (nSPS) is 12.5. The average Bonchev–Trinajstić information content (AvgIpc) is 2.50. The summed E-state index contributed by atoms with van der Waals surface area (Å²) < 4.78 is 27.3. The minimum absolute atomic E-state index is 0. The summed E-state index contributed by atoms with van der Waals surface area (Å²) in [5.41, 5.74) is 6.03. The zero-order valence-electron chi connectivity index (χ0n) is 13.0. The molecule has 7 heteroatoms. The van der Waals surface area contributed by atoms with E-state index >= 15 is 0 Å². The quantitative estimate of drug-likeness (QED) is 0.671. The lowest BCUT2D eigenvalue weighted by molar-refractivity contribution is 0.0988. The third kappa shape index (κ3) is 6.04. The Hall–Kier alpha value is -0.950. The van der Waals surface area contributed by atoms with E-state index in [4.69, 9.17) is 5.73 Å². The highest BCUT2D eigenvalue weighted by Gasteiger charge is 2.19. The molecule has 126 valence electrons. The maximum absolute atomic E-state index is 12.3. The Morgan fingerprint density at radius 1 is 1.32 bits per heavy atom. The van der Waals surface area contributed by atoms with Gasteiger partial charge < -0.3 is 5.73 Å². The van der Waals surface area contributed by atoms with Crippen LogP contribution in [0.1, 0.15) is 49.9 Å². The van der Waals surface area contributed by atoms with Crippen LogP contribution in [0, 0.1) is 0 Å². The van der Waals surface area contributed by atoms with Gasteiger partial charge in [0.15, 0.2) is 5.78 Å². The predicted molar refractivity (Wildman–Crippen MR) is 91.0 cm³/mol. The third-order valence-corrected chi connectivity index (χ3v) is 4.82. The Bertz CT molecular complexity index is 576. The van der Waals surface area contributed by atoms with Crippen molar-refractivity contribution in [1.29, 1.82) is 0 Å². The summed E-state index contributed by atoms with van der Waals surface area (Å²) in [6, 6.07) is 5.84. The number of hydrogen-bond donors (Lipinski definition) is 2. The fourth-order valence-corrected chi connectivity index (χ4v) is 3.33. The number of sulfonamides is 1. The Morgan fingerprint density at radius 3 is 2.55 bits per heavy atom. The van der Waals surface area contributed by atoms with Gasteiger partial charge in [-0.3, -0.25) is 4.79 Å². The molecule has 0 bridgehead atoms. The first kappa shape index (κ1) is 21.0. The number of ketones is 1. The number of Topliss-reactive ketones (excluding diaryl/α,β-unsaturated/α-hetero) is 1. The number of halogens is 1. The van der Waals surface area contributed by atoms with Crippen molar-refractivity contribution in [3.8, 4) is 0 Å². The van der Waals surface area contributed by atoms with Crippen molar-refractivity contribution in [2.24, 2.45) is 5.73 Å². The highest BCUT2D eigenvalue weighted by molar-refractivity contribution is 7.89. The first-order chi connectivity index (χ1) is 9.94. The summed E-state index contributed by atoms with van der Waals surface area (Å²) in [4.78, 5) is 11.8. The molecule has 1 unspecified atom stereocenters. The second-order valence-electron chi connectivity index (χ2n) is 5.00. The van der Waals surface area contributed by atoms with Crippen LogP contribution in [-0.2, 0) is 10.0 Å². The lowest BCUT2D eigenvalue weighted by Crippen LogP contribution is -2.40. The van der Waals surface area contributed by atoms with Gasteiger partial charge in [-0.05, 0) is 18.6 Å². The monoisotopic (exact) mass is 348 g/mol. The first-order valence-electron chi connectivity index (χ1n) is 7.30. The van der Waals surface area contributed by atoms with E-state index in [0.717, 1.165) is 12.8 Å².